The molecule has 0 spiro atoms. The van der Waals surface area contributed by atoms with Gasteiger partial charge in [-0.1, -0.05) is 0 Å². The predicted molar refractivity (Wildman–Crippen MR) is 101 cm³/mol. The number of piperidine rings is 1. The van der Waals surface area contributed by atoms with Crippen molar-refractivity contribution in [2.24, 2.45) is 5.92 Å². The minimum Gasteiger partial charge on any atom is -0.338 e. The van der Waals surface area contributed by atoms with Crippen molar-refractivity contribution in [1.29, 1.82) is 0 Å². The number of hydrogen-bond acceptors (Lipinski definition) is 4. The molecule has 2 aromatic heterocycles. The van der Waals surface area contributed by atoms with E-state index in [1.807, 2.05) is 21.9 Å². The van der Waals surface area contributed by atoms with Gasteiger partial charge in [0.15, 0.2) is 0 Å². The van der Waals surface area contributed by atoms with Crippen molar-refractivity contribution in [1.82, 2.24) is 19.8 Å². The van der Waals surface area contributed by atoms with E-state index < -0.39 is 0 Å². The molecule has 3 aliphatic rings. The third-order valence-electron chi connectivity index (χ3n) is 5.63. The smallest absolute Gasteiger partial charge is 0.254 e. The fourth-order valence-corrected chi connectivity index (χ4v) is 4.17. The molecule has 3 fully saturated rings. The summed E-state index contributed by atoms with van der Waals surface area (Å²) in [4.78, 5) is 37.7. The Balaban J connectivity index is 1.42. The minimum atomic E-state index is 0.0420. The standard InChI is InChI=1S/C21H24N4O2/c26-20(4-2-16-5-9-22-10-6-16)25-14-17-1-3-19(25)15-24(13-17)21(27)18-7-11-23-12-8-18/h5-12,17,19H,1-4,13-15H2. The molecule has 0 saturated carbocycles. The number of aromatic nitrogens is 2. The van der Waals surface area contributed by atoms with Crippen LogP contribution in [0.15, 0.2) is 49.1 Å². The minimum absolute atomic E-state index is 0.0420. The highest BCUT2D eigenvalue weighted by atomic mass is 16.2. The third-order valence-corrected chi connectivity index (χ3v) is 5.63. The molecule has 0 radical (unpaired) electrons. The van der Waals surface area contributed by atoms with Crippen LogP contribution < -0.4 is 0 Å². The van der Waals surface area contributed by atoms with Crippen LogP contribution in [0.2, 0.25) is 0 Å². The highest BCUT2D eigenvalue weighted by molar-refractivity contribution is 5.94. The summed E-state index contributed by atoms with van der Waals surface area (Å²) in [6.45, 7) is 2.12. The van der Waals surface area contributed by atoms with Gasteiger partial charge in [0.1, 0.15) is 0 Å². The second kappa shape index (κ2) is 7.86. The first kappa shape index (κ1) is 17.6. The van der Waals surface area contributed by atoms with Gasteiger partial charge in [-0.15, -0.1) is 0 Å². The first-order chi connectivity index (χ1) is 13.2. The van der Waals surface area contributed by atoms with Gasteiger partial charge in [-0.25, -0.2) is 0 Å². The zero-order valence-corrected chi connectivity index (χ0v) is 15.3. The fourth-order valence-electron chi connectivity index (χ4n) is 4.17. The van der Waals surface area contributed by atoms with Gasteiger partial charge in [-0.2, -0.15) is 0 Å². The highest BCUT2D eigenvalue weighted by Gasteiger charge is 2.38. The molecular weight excluding hydrogens is 340 g/mol. The number of aryl methyl sites for hydroxylation is 1. The van der Waals surface area contributed by atoms with E-state index in [2.05, 4.69) is 9.97 Å². The summed E-state index contributed by atoms with van der Waals surface area (Å²) in [5.41, 5.74) is 1.80. The molecule has 2 aromatic rings. The monoisotopic (exact) mass is 364 g/mol. The normalized spacial score (nSPS) is 21.8. The number of carbonyl (C=O) groups is 2. The molecule has 3 saturated heterocycles. The second-order valence-corrected chi connectivity index (χ2v) is 7.44. The van der Waals surface area contributed by atoms with Crippen LogP contribution in [-0.2, 0) is 11.2 Å². The Labute approximate surface area is 159 Å². The molecular formula is C21H24N4O2. The van der Waals surface area contributed by atoms with Gasteiger partial charge in [-0.3, -0.25) is 19.6 Å². The molecule has 0 aromatic carbocycles. The van der Waals surface area contributed by atoms with Gasteiger partial charge in [0.25, 0.3) is 5.91 Å². The van der Waals surface area contributed by atoms with Gasteiger partial charge in [0, 0.05) is 62.4 Å². The lowest BCUT2D eigenvalue weighted by atomic mass is 9.94. The lowest BCUT2D eigenvalue weighted by Crippen LogP contribution is -2.47. The summed E-state index contributed by atoms with van der Waals surface area (Å²) in [5, 5.41) is 0. The van der Waals surface area contributed by atoms with Crippen molar-refractivity contribution in [2.75, 3.05) is 19.6 Å². The maximum Gasteiger partial charge on any atom is 0.254 e. The number of carbonyl (C=O) groups excluding carboxylic acids is 2. The Kier molecular flexibility index (Phi) is 5.14. The Hall–Kier alpha value is -2.76. The van der Waals surface area contributed by atoms with Crippen molar-refractivity contribution in [3.63, 3.8) is 0 Å². The molecule has 0 aliphatic carbocycles. The van der Waals surface area contributed by atoms with Gasteiger partial charge < -0.3 is 9.80 Å². The van der Waals surface area contributed by atoms with Crippen molar-refractivity contribution in [3.8, 4) is 0 Å². The molecule has 0 N–H and O–H groups in total. The van der Waals surface area contributed by atoms with E-state index in [-0.39, 0.29) is 17.9 Å². The van der Waals surface area contributed by atoms with Gasteiger partial charge in [0.2, 0.25) is 5.91 Å². The van der Waals surface area contributed by atoms with E-state index in [9.17, 15) is 9.59 Å². The predicted octanol–water partition coefficient (Wildman–Crippen LogP) is 2.17. The molecule has 27 heavy (non-hydrogen) atoms. The topological polar surface area (TPSA) is 66.4 Å². The highest BCUT2D eigenvalue weighted by Crippen LogP contribution is 2.29. The Morgan fingerprint density at radius 3 is 2.37 bits per heavy atom. The molecule has 2 unspecified atom stereocenters. The zero-order valence-electron chi connectivity index (χ0n) is 15.3. The first-order valence-corrected chi connectivity index (χ1v) is 9.58. The molecule has 2 bridgehead atoms. The quantitative estimate of drug-likeness (QED) is 0.834. The molecule has 2 amide bonds. The van der Waals surface area contributed by atoms with Crippen molar-refractivity contribution < 1.29 is 9.59 Å². The Morgan fingerprint density at radius 2 is 1.63 bits per heavy atom. The number of rotatable bonds is 4. The maximum absolute atomic E-state index is 12.9. The summed E-state index contributed by atoms with van der Waals surface area (Å²) < 4.78 is 0. The first-order valence-electron chi connectivity index (χ1n) is 9.58. The van der Waals surface area contributed by atoms with Crippen molar-refractivity contribution in [2.45, 2.75) is 31.7 Å². The number of amides is 2. The average molecular weight is 364 g/mol. The molecule has 3 aliphatic heterocycles. The van der Waals surface area contributed by atoms with Crippen LogP contribution in [0.3, 0.4) is 0 Å². The number of nitrogens with zero attached hydrogens (tertiary/aromatic N) is 4. The number of pyridine rings is 2. The molecule has 6 heteroatoms. The summed E-state index contributed by atoms with van der Waals surface area (Å²) >= 11 is 0. The molecule has 5 heterocycles. The molecule has 2 atom stereocenters. The van der Waals surface area contributed by atoms with Gasteiger partial charge >= 0.3 is 0 Å². The number of hydrogen-bond donors (Lipinski definition) is 0. The van der Waals surface area contributed by atoms with Gasteiger partial charge in [-0.05, 0) is 55.0 Å². The zero-order chi connectivity index (χ0) is 18.6. The average Bonchev–Trinajstić information content (AvgIpc) is 3.05. The number of fused-ring (bicyclic) bond motifs is 4. The third kappa shape index (κ3) is 3.99. The van der Waals surface area contributed by atoms with E-state index in [1.165, 1.54) is 0 Å². The van der Waals surface area contributed by atoms with Crippen LogP contribution in [0.25, 0.3) is 0 Å². The molecule has 5 rings (SSSR count). The molecule has 6 nitrogen and oxygen atoms in total. The summed E-state index contributed by atoms with van der Waals surface area (Å²) in [6.07, 6.45) is 10.1. The summed E-state index contributed by atoms with van der Waals surface area (Å²) in [5.74, 6) is 0.597. The summed E-state index contributed by atoms with van der Waals surface area (Å²) in [6, 6.07) is 7.55. The second-order valence-electron chi connectivity index (χ2n) is 7.44. The lowest BCUT2D eigenvalue weighted by Gasteiger charge is -2.36. The largest absolute Gasteiger partial charge is 0.338 e. The van der Waals surface area contributed by atoms with E-state index in [1.54, 1.807) is 36.9 Å². The Morgan fingerprint density at radius 1 is 0.926 bits per heavy atom. The van der Waals surface area contributed by atoms with Crippen LogP contribution in [0.5, 0.6) is 0 Å². The van der Waals surface area contributed by atoms with Crippen molar-refractivity contribution in [3.05, 3.63) is 60.2 Å². The van der Waals surface area contributed by atoms with E-state index in [0.717, 1.165) is 37.9 Å². The van der Waals surface area contributed by atoms with E-state index in [4.69, 9.17) is 0 Å². The van der Waals surface area contributed by atoms with Crippen LogP contribution in [0.1, 0.15) is 35.2 Å². The lowest BCUT2D eigenvalue weighted by molar-refractivity contribution is -0.135. The van der Waals surface area contributed by atoms with E-state index >= 15 is 0 Å². The van der Waals surface area contributed by atoms with Crippen molar-refractivity contribution >= 4 is 11.8 Å². The van der Waals surface area contributed by atoms with Crippen LogP contribution >= 0.6 is 0 Å². The van der Waals surface area contributed by atoms with Crippen LogP contribution in [0, 0.1) is 5.92 Å². The fraction of sp³-hybridized carbons (Fsp3) is 0.429. The van der Waals surface area contributed by atoms with Crippen LogP contribution in [-0.4, -0.2) is 57.3 Å². The van der Waals surface area contributed by atoms with Gasteiger partial charge in [0.05, 0.1) is 0 Å². The SMILES string of the molecule is O=C(c1ccncc1)N1CC2CCC(C1)N(C(=O)CCc1ccncc1)C2. The van der Waals surface area contributed by atoms with E-state index in [0.29, 0.717) is 24.4 Å². The Bertz CT molecular complexity index is 796. The van der Waals surface area contributed by atoms with Crippen LogP contribution in [0.4, 0.5) is 0 Å². The summed E-state index contributed by atoms with van der Waals surface area (Å²) in [7, 11) is 0. The molecule has 140 valence electrons. The maximum atomic E-state index is 12.9.